The SMILES string of the molecule is O=C(NCCCc1ccccc1)N1CCCC(Oc2ccncn2)C1. The molecule has 0 saturated carbocycles. The Morgan fingerprint density at radius 3 is 2.96 bits per heavy atom. The number of carbonyl (C=O) groups is 1. The molecule has 1 unspecified atom stereocenters. The minimum atomic E-state index is -0.0151. The van der Waals surface area contributed by atoms with Crippen molar-refractivity contribution in [2.24, 2.45) is 0 Å². The molecule has 6 heteroatoms. The zero-order valence-electron chi connectivity index (χ0n) is 14.3. The summed E-state index contributed by atoms with van der Waals surface area (Å²) < 4.78 is 5.85. The van der Waals surface area contributed by atoms with Crippen molar-refractivity contribution < 1.29 is 9.53 Å². The van der Waals surface area contributed by atoms with Gasteiger partial charge in [-0.1, -0.05) is 30.3 Å². The molecule has 0 bridgehead atoms. The fourth-order valence-corrected chi connectivity index (χ4v) is 2.98. The Hall–Kier alpha value is -2.63. The Labute approximate surface area is 148 Å². The zero-order valence-corrected chi connectivity index (χ0v) is 14.3. The summed E-state index contributed by atoms with van der Waals surface area (Å²) in [5, 5.41) is 3.01. The average molecular weight is 340 g/mol. The second-order valence-corrected chi connectivity index (χ2v) is 6.20. The van der Waals surface area contributed by atoms with E-state index in [0.717, 1.165) is 32.2 Å². The molecule has 3 rings (SSSR count). The Balaban J connectivity index is 1.39. The lowest BCUT2D eigenvalue weighted by molar-refractivity contribution is 0.0977. The lowest BCUT2D eigenvalue weighted by Crippen LogP contribution is -2.48. The standard InChI is InChI=1S/C19H24N4O2/c24-19(21-11-4-8-16-6-2-1-3-7-16)23-13-5-9-17(14-23)25-18-10-12-20-15-22-18/h1-3,6-7,10,12,15,17H,4-5,8-9,11,13-14H2,(H,21,24). The number of nitrogens with one attached hydrogen (secondary N) is 1. The van der Waals surface area contributed by atoms with Crippen LogP contribution in [0, 0.1) is 0 Å². The first-order valence-electron chi connectivity index (χ1n) is 8.80. The molecule has 0 radical (unpaired) electrons. The molecule has 2 heterocycles. The Morgan fingerprint density at radius 2 is 2.16 bits per heavy atom. The van der Waals surface area contributed by atoms with Crippen molar-refractivity contribution in [3.05, 3.63) is 54.5 Å². The molecule has 1 aromatic heterocycles. The van der Waals surface area contributed by atoms with E-state index in [1.807, 2.05) is 23.1 Å². The molecule has 0 aliphatic carbocycles. The van der Waals surface area contributed by atoms with Crippen molar-refractivity contribution in [2.45, 2.75) is 31.8 Å². The van der Waals surface area contributed by atoms with Crippen molar-refractivity contribution in [3.63, 3.8) is 0 Å². The maximum absolute atomic E-state index is 12.3. The van der Waals surface area contributed by atoms with Crippen molar-refractivity contribution in [1.82, 2.24) is 20.2 Å². The predicted octanol–water partition coefficient (Wildman–Crippen LogP) is 2.66. The highest BCUT2D eigenvalue weighted by Gasteiger charge is 2.24. The summed E-state index contributed by atoms with van der Waals surface area (Å²) in [4.78, 5) is 22.1. The molecule has 2 aromatic rings. The number of ether oxygens (including phenoxy) is 1. The summed E-state index contributed by atoms with van der Waals surface area (Å²) in [5.41, 5.74) is 1.30. The number of nitrogens with zero attached hydrogens (tertiary/aromatic N) is 3. The molecule has 132 valence electrons. The van der Waals surface area contributed by atoms with Gasteiger partial charge in [0, 0.05) is 25.4 Å². The first kappa shape index (κ1) is 17.2. The van der Waals surface area contributed by atoms with E-state index in [2.05, 4.69) is 27.4 Å². The van der Waals surface area contributed by atoms with E-state index >= 15 is 0 Å². The van der Waals surface area contributed by atoms with Crippen LogP contribution in [0.1, 0.15) is 24.8 Å². The zero-order chi connectivity index (χ0) is 17.3. The van der Waals surface area contributed by atoms with Crippen LogP contribution in [0.15, 0.2) is 48.9 Å². The maximum Gasteiger partial charge on any atom is 0.317 e. The minimum absolute atomic E-state index is 0.0101. The number of hydrogen-bond donors (Lipinski definition) is 1. The molecule has 1 atom stereocenters. The Morgan fingerprint density at radius 1 is 1.28 bits per heavy atom. The fourth-order valence-electron chi connectivity index (χ4n) is 2.98. The lowest BCUT2D eigenvalue weighted by Gasteiger charge is -2.32. The van der Waals surface area contributed by atoms with E-state index in [1.165, 1.54) is 11.9 Å². The van der Waals surface area contributed by atoms with Gasteiger partial charge in [0.1, 0.15) is 12.4 Å². The molecular weight excluding hydrogens is 316 g/mol. The lowest BCUT2D eigenvalue weighted by atomic mass is 10.1. The number of amides is 2. The van der Waals surface area contributed by atoms with E-state index in [4.69, 9.17) is 4.74 Å². The molecule has 1 aliphatic rings. The van der Waals surface area contributed by atoms with E-state index in [9.17, 15) is 4.79 Å². The smallest absolute Gasteiger partial charge is 0.317 e. The number of aryl methyl sites for hydroxylation is 1. The number of benzene rings is 1. The van der Waals surface area contributed by atoms with E-state index in [1.54, 1.807) is 12.3 Å². The second kappa shape index (κ2) is 9.01. The number of aromatic nitrogens is 2. The number of urea groups is 1. The predicted molar refractivity (Wildman–Crippen MR) is 95.4 cm³/mol. The van der Waals surface area contributed by atoms with Gasteiger partial charge in [0.25, 0.3) is 0 Å². The van der Waals surface area contributed by atoms with Gasteiger partial charge in [-0.2, -0.15) is 0 Å². The first-order chi connectivity index (χ1) is 12.3. The molecule has 6 nitrogen and oxygen atoms in total. The van der Waals surface area contributed by atoms with Gasteiger partial charge in [0.2, 0.25) is 5.88 Å². The Bertz CT molecular complexity index is 651. The molecule has 1 fully saturated rings. The highest BCUT2D eigenvalue weighted by atomic mass is 16.5. The van der Waals surface area contributed by atoms with Crippen LogP contribution >= 0.6 is 0 Å². The third-order valence-corrected chi connectivity index (χ3v) is 4.27. The third-order valence-electron chi connectivity index (χ3n) is 4.27. The third kappa shape index (κ3) is 5.45. The number of hydrogen-bond acceptors (Lipinski definition) is 4. The average Bonchev–Trinajstić information content (AvgIpc) is 2.67. The van der Waals surface area contributed by atoms with Gasteiger partial charge in [-0.15, -0.1) is 0 Å². The minimum Gasteiger partial charge on any atom is -0.472 e. The second-order valence-electron chi connectivity index (χ2n) is 6.20. The van der Waals surface area contributed by atoms with Crippen molar-refractivity contribution >= 4 is 6.03 Å². The van der Waals surface area contributed by atoms with Gasteiger partial charge >= 0.3 is 6.03 Å². The normalized spacial score (nSPS) is 17.1. The van der Waals surface area contributed by atoms with Crippen LogP contribution in [0.2, 0.25) is 0 Å². The fraction of sp³-hybridized carbons (Fsp3) is 0.421. The molecule has 1 aromatic carbocycles. The van der Waals surface area contributed by atoms with Crippen LogP contribution in [0.25, 0.3) is 0 Å². The molecular formula is C19H24N4O2. The topological polar surface area (TPSA) is 67.4 Å². The van der Waals surface area contributed by atoms with Crippen molar-refractivity contribution in [2.75, 3.05) is 19.6 Å². The van der Waals surface area contributed by atoms with E-state index < -0.39 is 0 Å². The van der Waals surface area contributed by atoms with Crippen LogP contribution < -0.4 is 10.1 Å². The van der Waals surface area contributed by atoms with E-state index in [0.29, 0.717) is 19.0 Å². The van der Waals surface area contributed by atoms with Crippen molar-refractivity contribution in [3.8, 4) is 5.88 Å². The molecule has 0 spiro atoms. The van der Waals surface area contributed by atoms with E-state index in [-0.39, 0.29) is 12.1 Å². The molecule has 2 amide bonds. The van der Waals surface area contributed by atoms with Crippen LogP contribution in [-0.2, 0) is 6.42 Å². The Kier molecular flexibility index (Phi) is 6.20. The van der Waals surface area contributed by atoms with Gasteiger partial charge < -0.3 is 15.0 Å². The summed E-state index contributed by atoms with van der Waals surface area (Å²) in [5.74, 6) is 0.560. The summed E-state index contributed by atoms with van der Waals surface area (Å²) in [6.07, 6.45) is 6.89. The van der Waals surface area contributed by atoms with Crippen LogP contribution in [0.3, 0.4) is 0 Å². The summed E-state index contributed by atoms with van der Waals surface area (Å²) in [7, 11) is 0. The molecule has 1 N–H and O–H groups in total. The summed E-state index contributed by atoms with van der Waals surface area (Å²) in [6.45, 7) is 2.05. The number of rotatable bonds is 6. The van der Waals surface area contributed by atoms with Gasteiger partial charge in [-0.05, 0) is 31.2 Å². The van der Waals surface area contributed by atoms with Crippen LogP contribution in [-0.4, -0.2) is 46.6 Å². The summed E-state index contributed by atoms with van der Waals surface area (Å²) in [6, 6.07) is 12.1. The van der Waals surface area contributed by atoms with Gasteiger partial charge in [-0.3, -0.25) is 0 Å². The largest absolute Gasteiger partial charge is 0.472 e. The van der Waals surface area contributed by atoms with Crippen LogP contribution in [0.4, 0.5) is 4.79 Å². The monoisotopic (exact) mass is 340 g/mol. The van der Waals surface area contributed by atoms with Gasteiger partial charge in [0.05, 0.1) is 6.54 Å². The van der Waals surface area contributed by atoms with Crippen molar-refractivity contribution in [1.29, 1.82) is 0 Å². The van der Waals surface area contributed by atoms with Gasteiger partial charge in [0.15, 0.2) is 0 Å². The maximum atomic E-state index is 12.3. The number of piperidine rings is 1. The number of carbonyl (C=O) groups excluding carboxylic acids is 1. The molecule has 1 saturated heterocycles. The highest BCUT2D eigenvalue weighted by molar-refractivity contribution is 5.74. The van der Waals surface area contributed by atoms with Crippen LogP contribution in [0.5, 0.6) is 5.88 Å². The van der Waals surface area contributed by atoms with Gasteiger partial charge in [-0.25, -0.2) is 14.8 Å². The molecule has 25 heavy (non-hydrogen) atoms. The first-order valence-corrected chi connectivity index (χ1v) is 8.80. The molecule has 1 aliphatic heterocycles. The number of likely N-dealkylation sites (tertiary alicyclic amines) is 1. The summed E-state index contributed by atoms with van der Waals surface area (Å²) >= 11 is 0. The highest BCUT2D eigenvalue weighted by Crippen LogP contribution is 2.16. The quantitative estimate of drug-likeness (QED) is 0.821.